The smallest absolute Gasteiger partial charge is 0.341 e. The van der Waals surface area contributed by atoms with Crippen LogP contribution in [-0.2, 0) is 16.2 Å². The van der Waals surface area contributed by atoms with E-state index in [4.69, 9.17) is 0 Å². The van der Waals surface area contributed by atoms with Gasteiger partial charge in [0.05, 0.1) is 17.8 Å². The zero-order valence-corrected chi connectivity index (χ0v) is 29.1. The van der Waals surface area contributed by atoms with Crippen LogP contribution >= 0.6 is 11.3 Å². The third kappa shape index (κ3) is 7.24. The molecule has 1 aromatic carbocycles. The van der Waals surface area contributed by atoms with E-state index >= 15 is 0 Å². The Morgan fingerprint density at radius 2 is 1.80 bits per heavy atom. The van der Waals surface area contributed by atoms with Crippen molar-refractivity contribution in [3.63, 3.8) is 0 Å². The summed E-state index contributed by atoms with van der Waals surface area (Å²) in [6, 6.07) is 5.93. The Labute approximate surface area is 289 Å². The number of rotatable bonds is 8. The van der Waals surface area contributed by atoms with Crippen molar-refractivity contribution in [1.29, 1.82) is 0 Å². The molecule has 4 aromatic rings. The maximum absolute atomic E-state index is 14.1. The van der Waals surface area contributed by atoms with Crippen LogP contribution < -0.4 is 16.1 Å². The van der Waals surface area contributed by atoms with E-state index in [2.05, 4.69) is 25.5 Å². The monoisotopic (exact) mass is 732 g/mol. The highest BCUT2D eigenvalue weighted by molar-refractivity contribution is 7.88. The minimum atomic E-state index is -4.67. The largest absolute Gasteiger partial charge is 0.434 e. The number of sulfonamides is 1. The van der Waals surface area contributed by atoms with E-state index < -0.39 is 39.3 Å². The number of carbonyl (C=O) groups excluding carboxylic acids is 2. The number of benzene rings is 1. The number of amides is 3. The zero-order chi connectivity index (χ0) is 36.0. The van der Waals surface area contributed by atoms with Gasteiger partial charge in [0.25, 0.3) is 5.91 Å². The van der Waals surface area contributed by atoms with E-state index in [0.717, 1.165) is 23.0 Å². The molecule has 0 aliphatic carbocycles. The molecule has 2 aliphatic rings. The first-order chi connectivity index (χ1) is 23.6. The van der Waals surface area contributed by atoms with Crippen LogP contribution in [0.4, 0.5) is 23.8 Å². The van der Waals surface area contributed by atoms with Crippen LogP contribution in [0.3, 0.4) is 0 Å². The Morgan fingerprint density at radius 3 is 2.42 bits per heavy atom. The molecule has 2 aliphatic heterocycles. The van der Waals surface area contributed by atoms with Gasteiger partial charge in [-0.15, -0.1) is 11.3 Å². The predicted octanol–water partition coefficient (Wildman–Crippen LogP) is 3.94. The molecule has 0 radical (unpaired) electrons. The highest BCUT2D eigenvalue weighted by Gasteiger charge is 2.35. The van der Waals surface area contributed by atoms with Crippen LogP contribution in [0.2, 0.25) is 0 Å². The predicted molar refractivity (Wildman–Crippen MR) is 184 cm³/mol. The first kappa shape index (κ1) is 35.4. The van der Waals surface area contributed by atoms with Crippen LogP contribution in [0, 0.1) is 0 Å². The number of likely N-dealkylation sites (N-methyl/N-ethyl adjacent to an activating group) is 1. The number of piperazine rings is 1. The average molecular weight is 733 g/mol. The fraction of sp³-hybridized carbons (Fsp3) is 0.406. The lowest BCUT2D eigenvalue weighted by molar-refractivity contribution is -0.140. The number of halogens is 3. The Bertz CT molecular complexity index is 2120. The molecule has 2 N–H and O–H groups in total. The van der Waals surface area contributed by atoms with Crippen molar-refractivity contribution in [2.24, 2.45) is 0 Å². The number of hydrogen-bond acceptors (Lipinski definition) is 9. The summed E-state index contributed by atoms with van der Waals surface area (Å²) >= 11 is 0.779. The molecule has 13 nitrogen and oxygen atoms in total. The first-order valence-electron chi connectivity index (χ1n) is 15.8. The number of aromatic nitrogens is 3. The third-order valence-corrected chi connectivity index (χ3v) is 10.9. The molecule has 2 saturated heterocycles. The molecule has 5 heterocycles. The summed E-state index contributed by atoms with van der Waals surface area (Å²) in [6.45, 7) is 4.11. The topological polar surface area (TPSA) is 150 Å². The van der Waals surface area contributed by atoms with Gasteiger partial charge in [-0.25, -0.2) is 23.2 Å². The molecular formula is C32H35F3N8O5S2. The summed E-state index contributed by atoms with van der Waals surface area (Å²) in [5, 5.41) is 6.41. The molecular weight excluding hydrogens is 698 g/mol. The quantitative estimate of drug-likeness (QED) is 0.277. The number of anilines is 1. The Kier molecular flexibility index (Phi) is 9.73. The van der Waals surface area contributed by atoms with Gasteiger partial charge in [0, 0.05) is 80.1 Å². The number of nitrogens with one attached hydrogen (secondary N) is 2. The summed E-state index contributed by atoms with van der Waals surface area (Å²) < 4.78 is 67.9. The van der Waals surface area contributed by atoms with Crippen LogP contribution in [0.5, 0.6) is 0 Å². The fourth-order valence-corrected chi connectivity index (χ4v) is 7.75. The molecule has 0 saturated carbocycles. The van der Waals surface area contributed by atoms with E-state index in [-0.39, 0.29) is 59.6 Å². The van der Waals surface area contributed by atoms with Gasteiger partial charge in [-0.05, 0) is 37.2 Å². The molecule has 50 heavy (non-hydrogen) atoms. The van der Waals surface area contributed by atoms with Crippen LogP contribution in [0.15, 0.2) is 46.8 Å². The highest BCUT2D eigenvalue weighted by Crippen LogP contribution is 2.39. The van der Waals surface area contributed by atoms with Crippen LogP contribution in [-0.4, -0.2) is 108 Å². The number of alkyl halides is 3. The molecule has 2 fully saturated rings. The standard InChI is InChI=1S/C32H35F3N8O5S2/c1-4-7-36-31(46)39-27-13-21(29-38-26(18-49-29)32(33,34)35)23(14-37-27)19-5-6-25-22(12-19)28(44)24(17-43(25)20-15-40(2)16-20)30(45)41-8-10-42(11-9-41)50(3,47)48/h5-6,12-14,17-18,20H,4,7-11,15-16H2,1-3H3,(H2,36,37,39,46). The highest BCUT2D eigenvalue weighted by atomic mass is 32.2. The molecule has 0 spiro atoms. The van der Waals surface area contributed by atoms with Crippen molar-refractivity contribution in [2.45, 2.75) is 25.6 Å². The molecule has 0 bridgehead atoms. The second-order valence-corrected chi connectivity index (χ2v) is 15.2. The van der Waals surface area contributed by atoms with Crippen LogP contribution in [0.25, 0.3) is 32.6 Å². The summed E-state index contributed by atoms with van der Waals surface area (Å²) in [5.41, 5.74) is -0.0447. The summed E-state index contributed by atoms with van der Waals surface area (Å²) in [7, 11) is -1.48. The summed E-state index contributed by atoms with van der Waals surface area (Å²) in [4.78, 5) is 52.0. The van der Waals surface area contributed by atoms with E-state index in [1.807, 2.05) is 18.5 Å². The van der Waals surface area contributed by atoms with Crippen molar-refractivity contribution in [1.82, 2.24) is 34.0 Å². The van der Waals surface area contributed by atoms with Crippen molar-refractivity contribution in [3.8, 4) is 21.7 Å². The lowest BCUT2D eigenvalue weighted by Crippen LogP contribution is -2.51. The SMILES string of the molecule is CCCNC(=O)Nc1cc(-c2nc(C(F)(F)F)cs2)c(-c2ccc3c(c2)c(=O)c(C(=O)N2CCN(S(C)(=O)=O)CC2)cn3C2CN(C)C2)cn1. The molecule has 18 heteroatoms. The maximum Gasteiger partial charge on any atom is 0.434 e. The lowest BCUT2D eigenvalue weighted by atomic mass is 9.98. The van der Waals surface area contributed by atoms with Crippen molar-refractivity contribution >= 4 is 50.0 Å². The molecule has 266 valence electrons. The van der Waals surface area contributed by atoms with Gasteiger partial charge < -0.3 is 19.7 Å². The number of pyridine rings is 2. The summed E-state index contributed by atoms with van der Waals surface area (Å²) in [6.07, 6.45) is 0.0965. The second-order valence-electron chi connectivity index (χ2n) is 12.4. The van der Waals surface area contributed by atoms with Crippen molar-refractivity contribution in [3.05, 3.63) is 63.5 Å². The zero-order valence-electron chi connectivity index (χ0n) is 27.5. The minimum absolute atomic E-state index is 0.0268. The third-order valence-electron chi connectivity index (χ3n) is 8.71. The Hall–Kier alpha value is -4.39. The fourth-order valence-electron chi connectivity index (χ4n) is 6.07. The Morgan fingerprint density at radius 1 is 1.08 bits per heavy atom. The van der Waals surface area contributed by atoms with Crippen molar-refractivity contribution in [2.75, 3.05) is 64.4 Å². The number of likely N-dealkylation sites (tertiary alicyclic amines) is 1. The number of carbonyl (C=O) groups is 2. The number of fused-ring (bicyclic) bond motifs is 1. The second kappa shape index (κ2) is 13.7. The van der Waals surface area contributed by atoms with Gasteiger partial charge >= 0.3 is 12.2 Å². The molecule has 6 rings (SSSR count). The Balaban J connectivity index is 1.45. The van der Waals surface area contributed by atoms with Crippen molar-refractivity contribution < 1.29 is 31.2 Å². The van der Waals surface area contributed by atoms with E-state index in [0.29, 0.717) is 42.7 Å². The van der Waals surface area contributed by atoms with Gasteiger partial charge in [0.2, 0.25) is 15.5 Å². The maximum atomic E-state index is 14.1. The molecule has 0 unspecified atom stereocenters. The number of urea groups is 1. The number of thiazole rings is 1. The molecule has 3 amide bonds. The lowest BCUT2D eigenvalue weighted by Gasteiger charge is -2.39. The van der Waals surface area contributed by atoms with E-state index in [9.17, 15) is 36.0 Å². The van der Waals surface area contributed by atoms with Gasteiger partial charge in [-0.3, -0.25) is 14.9 Å². The van der Waals surface area contributed by atoms with Gasteiger partial charge in [0.1, 0.15) is 16.4 Å². The van der Waals surface area contributed by atoms with Gasteiger partial charge in [-0.2, -0.15) is 17.5 Å². The minimum Gasteiger partial charge on any atom is -0.341 e. The van der Waals surface area contributed by atoms with Gasteiger partial charge in [0.15, 0.2) is 5.69 Å². The molecule has 3 aromatic heterocycles. The normalized spacial score (nSPS) is 16.4. The van der Waals surface area contributed by atoms with E-state index in [1.165, 1.54) is 21.5 Å². The number of hydrogen-bond donors (Lipinski definition) is 2. The molecule has 0 atom stereocenters. The van der Waals surface area contributed by atoms with Gasteiger partial charge in [-0.1, -0.05) is 13.0 Å². The average Bonchev–Trinajstić information content (AvgIpc) is 3.57. The summed E-state index contributed by atoms with van der Waals surface area (Å²) in [5.74, 6) is -0.430. The first-order valence-corrected chi connectivity index (χ1v) is 18.6. The number of nitrogens with zero attached hydrogens (tertiary/aromatic N) is 6. The van der Waals surface area contributed by atoms with Crippen LogP contribution in [0.1, 0.15) is 35.4 Å². The van der Waals surface area contributed by atoms with E-state index in [1.54, 1.807) is 24.4 Å².